The minimum absolute atomic E-state index is 0.00854. The molecule has 1 aliphatic carbocycles. The standard InChI is InChI=1S/C25H20ClN3O/c26-18-8-9-23-20(14-18)21(15-24(28-23)17-10-12-27-13-11-17)25(30)29-22-7-3-5-16-4-1-2-6-19(16)22/h1-2,4,6,8-15,22H,3,5,7H2,(H,29,30)/t22-/m1/s1. The van der Waals surface area contributed by atoms with Gasteiger partial charge < -0.3 is 5.32 Å². The minimum Gasteiger partial charge on any atom is -0.345 e. The van der Waals surface area contributed by atoms with Crippen molar-refractivity contribution in [3.63, 3.8) is 0 Å². The van der Waals surface area contributed by atoms with Crippen LogP contribution in [0.2, 0.25) is 5.02 Å². The Hall–Kier alpha value is -3.24. The third-order valence-electron chi connectivity index (χ3n) is 5.67. The normalized spacial score (nSPS) is 15.6. The molecular weight excluding hydrogens is 394 g/mol. The summed E-state index contributed by atoms with van der Waals surface area (Å²) in [5.41, 5.74) is 5.50. The first-order valence-corrected chi connectivity index (χ1v) is 10.5. The van der Waals surface area contributed by atoms with Crippen LogP contribution in [0.1, 0.15) is 40.4 Å². The van der Waals surface area contributed by atoms with Crippen molar-refractivity contribution in [1.29, 1.82) is 0 Å². The van der Waals surface area contributed by atoms with E-state index in [2.05, 4.69) is 28.5 Å². The molecule has 0 spiro atoms. The Kier molecular flexibility index (Phi) is 4.93. The molecule has 1 atom stereocenters. The van der Waals surface area contributed by atoms with Gasteiger partial charge in [-0.05, 0) is 66.8 Å². The summed E-state index contributed by atoms with van der Waals surface area (Å²) in [6.45, 7) is 0. The second kappa shape index (κ2) is 7.88. The molecule has 2 aromatic heterocycles. The quantitative estimate of drug-likeness (QED) is 0.464. The number of hydrogen-bond acceptors (Lipinski definition) is 3. The Morgan fingerprint density at radius 3 is 2.73 bits per heavy atom. The molecule has 2 heterocycles. The van der Waals surface area contributed by atoms with Crippen molar-refractivity contribution in [3.05, 3.63) is 94.8 Å². The number of amides is 1. The van der Waals surface area contributed by atoms with Gasteiger partial charge in [0.2, 0.25) is 0 Å². The molecule has 2 aromatic carbocycles. The van der Waals surface area contributed by atoms with Gasteiger partial charge in [-0.1, -0.05) is 35.9 Å². The van der Waals surface area contributed by atoms with Crippen molar-refractivity contribution >= 4 is 28.4 Å². The molecule has 0 bridgehead atoms. The average molecular weight is 414 g/mol. The minimum atomic E-state index is -0.110. The molecule has 0 unspecified atom stereocenters. The van der Waals surface area contributed by atoms with Gasteiger partial charge in [-0.3, -0.25) is 9.78 Å². The zero-order chi connectivity index (χ0) is 20.5. The Morgan fingerprint density at radius 2 is 1.87 bits per heavy atom. The van der Waals surface area contributed by atoms with E-state index >= 15 is 0 Å². The third-order valence-corrected chi connectivity index (χ3v) is 5.90. The van der Waals surface area contributed by atoms with Gasteiger partial charge in [-0.15, -0.1) is 0 Å². The van der Waals surface area contributed by atoms with Gasteiger partial charge in [0, 0.05) is 28.4 Å². The second-order valence-corrected chi connectivity index (χ2v) is 8.01. The first kappa shape index (κ1) is 18.8. The summed E-state index contributed by atoms with van der Waals surface area (Å²) in [5, 5.41) is 4.59. The second-order valence-electron chi connectivity index (χ2n) is 7.57. The van der Waals surface area contributed by atoms with E-state index in [1.165, 1.54) is 11.1 Å². The number of nitrogens with zero attached hydrogens (tertiary/aromatic N) is 2. The van der Waals surface area contributed by atoms with Crippen LogP contribution in [0.3, 0.4) is 0 Å². The van der Waals surface area contributed by atoms with E-state index in [0.29, 0.717) is 10.6 Å². The van der Waals surface area contributed by atoms with Crippen LogP contribution >= 0.6 is 11.6 Å². The molecule has 0 radical (unpaired) electrons. The van der Waals surface area contributed by atoms with Crippen LogP contribution in [-0.2, 0) is 6.42 Å². The number of halogens is 1. The van der Waals surface area contributed by atoms with Gasteiger partial charge in [-0.2, -0.15) is 0 Å². The number of carbonyl (C=O) groups is 1. The van der Waals surface area contributed by atoms with Gasteiger partial charge in [-0.25, -0.2) is 4.98 Å². The number of nitrogens with one attached hydrogen (secondary N) is 1. The Morgan fingerprint density at radius 1 is 1.03 bits per heavy atom. The lowest BCUT2D eigenvalue weighted by atomic mass is 9.87. The van der Waals surface area contributed by atoms with Crippen molar-refractivity contribution in [3.8, 4) is 11.3 Å². The van der Waals surface area contributed by atoms with E-state index in [-0.39, 0.29) is 11.9 Å². The topological polar surface area (TPSA) is 54.9 Å². The van der Waals surface area contributed by atoms with Crippen molar-refractivity contribution in [2.45, 2.75) is 25.3 Å². The number of fused-ring (bicyclic) bond motifs is 2. The fourth-order valence-electron chi connectivity index (χ4n) is 4.20. The smallest absolute Gasteiger partial charge is 0.252 e. The molecule has 0 aliphatic heterocycles. The molecule has 0 saturated carbocycles. The maximum atomic E-state index is 13.4. The molecular formula is C25H20ClN3O. The predicted molar refractivity (Wildman–Crippen MR) is 120 cm³/mol. The van der Waals surface area contributed by atoms with Gasteiger partial charge >= 0.3 is 0 Å². The molecule has 1 aliphatic rings. The SMILES string of the molecule is O=C(N[C@@H]1CCCc2ccccc21)c1cc(-c2ccncc2)nc2ccc(Cl)cc12. The number of benzene rings is 2. The van der Waals surface area contributed by atoms with Crippen LogP contribution in [-0.4, -0.2) is 15.9 Å². The molecule has 4 nitrogen and oxygen atoms in total. The van der Waals surface area contributed by atoms with E-state index in [9.17, 15) is 4.79 Å². The molecule has 1 N–H and O–H groups in total. The summed E-state index contributed by atoms with van der Waals surface area (Å²) in [6, 6.07) is 19.5. The number of aryl methyl sites for hydroxylation is 1. The first-order valence-electron chi connectivity index (χ1n) is 10.1. The Balaban J connectivity index is 1.57. The lowest BCUT2D eigenvalue weighted by Gasteiger charge is -2.26. The van der Waals surface area contributed by atoms with Crippen LogP contribution in [0, 0.1) is 0 Å². The van der Waals surface area contributed by atoms with E-state index < -0.39 is 0 Å². The van der Waals surface area contributed by atoms with Crippen LogP contribution in [0.5, 0.6) is 0 Å². The van der Waals surface area contributed by atoms with Gasteiger partial charge in [0.25, 0.3) is 5.91 Å². The highest BCUT2D eigenvalue weighted by Crippen LogP contribution is 2.31. The highest BCUT2D eigenvalue weighted by Gasteiger charge is 2.23. The zero-order valence-corrected chi connectivity index (χ0v) is 17.1. The predicted octanol–water partition coefficient (Wildman–Crippen LogP) is 5.76. The Bertz CT molecular complexity index is 1240. The molecule has 5 rings (SSSR count). The lowest BCUT2D eigenvalue weighted by molar-refractivity contribution is 0.0934. The number of carbonyl (C=O) groups excluding carboxylic acids is 1. The summed E-state index contributed by atoms with van der Waals surface area (Å²) >= 11 is 6.24. The van der Waals surface area contributed by atoms with Crippen LogP contribution in [0.25, 0.3) is 22.2 Å². The van der Waals surface area contributed by atoms with Crippen molar-refractivity contribution < 1.29 is 4.79 Å². The maximum Gasteiger partial charge on any atom is 0.252 e. The van der Waals surface area contributed by atoms with E-state index in [1.807, 2.05) is 36.4 Å². The molecule has 0 saturated heterocycles. The zero-order valence-electron chi connectivity index (χ0n) is 16.3. The third kappa shape index (κ3) is 3.55. The van der Waals surface area contributed by atoms with E-state index in [1.54, 1.807) is 18.5 Å². The average Bonchev–Trinajstić information content (AvgIpc) is 2.79. The van der Waals surface area contributed by atoms with Crippen LogP contribution in [0.4, 0.5) is 0 Å². The summed E-state index contributed by atoms with van der Waals surface area (Å²) in [5.74, 6) is -0.110. The summed E-state index contributed by atoms with van der Waals surface area (Å²) in [7, 11) is 0. The van der Waals surface area contributed by atoms with Crippen molar-refractivity contribution in [1.82, 2.24) is 15.3 Å². The largest absolute Gasteiger partial charge is 0.345 e. The molecule has 1 amide bonds. The van der Waals surface area contributed by atoms with E-state index in [4.69, 9.17) is 16.6 Å². The summed E-state index contributed by atoms with van der Waals surface area (Å²) < 4.78 is 0. The van der Waals surface area contributed by atoms with Crippen LogP contribution < -0.4 is 5.32 Å². The summed E-state index contributed by atoms with van der Waals surface area (Å²) in [6.07, 6.45) is 6.50. The van der Waals surface area contributed by atoms with Gasteiger partial charge in [0.15, 0.2) is 0 Å². The molecule has 4 aromatic rings. The van der Waals surface area contributed by atoms with E-state index in [0.717, 1.165) is 41.4 Å². The molecule has 0 fully saturated rings. The first-order chi connectivity index (χ1) is 14.7. The highest BCUT2D eigenvalue weighted by atomic mass is 35.5. The molecule has 5 heteroatoms. The summed E-state index contributed by atoms with van der Waals surface area (Å²) in [4.78, 5) is 22.3. The van der Waals surface area contributed by atoms with Gasteiger partial charge in [0.1, 0.15) is 0 Å². The maximum absolute atomic E-state index is 13.4. The number of aromatic nitrogens is 2. The van der Waals surface area contributed by atoms with Gasteiger partial charge in [0.05, 0.1) is 22.8 Å². The number of rotatable bonds is 3. The lowest BCUT2D eigenvalue weighted by Crippen LogP contribution is -2.31. The molecule has 148 valence electrons. The fourth-order valence-corrected chi connectivity index (χ4v) is 4.37. The highest BCUT2D eigenvalue weighted by molar-refractivity contribution is 6.31. The number of pyridine rings is 2. The van der Waals surface area contributed by atoms with Crippen LogP contribution in [0.15, 0.2) is 73.1 Å². The number of hydrogen-bond donors (Lipinski definition) is 1. The monoisotopic (exact) mass is 413 g/mol. The van der Waals surface area contributed by atoms with Crippen molar-refractivity contribution in [2.24, 2.45) is 0 Å². The fraction of sp³-hybridized carbons (Fsp3) is 0.160. The van der Waals surface area contributed by atoms with Crippen molar-refractivity contribution in [2.75, 3.05) is 0 Å². The molecule has 30 heavy (non-hydrogen) atoms. The Labute approximate surface area is 180 Å².